The highest BCUT2D eigenvalue weighted by molar-refractivity contribution is 6.10. The van der Waals surface area contributed by atoms with Gasteiger partial charge in [0.15, 0.2) is 11.5 Å². The molecule has 0 radical (unpaired) electrons. The number of hydrogen-bond donors (Lipinski definition) is 2. The number of nitriles is 1. The third-order valence-corrected chi connectivity index (χ3v) is 3.80. The van der Waals surface area contributed by atoms with E-state index in [9.17, 15) is 25.3 Å². The van der Waals surface area contributed by atoms with Crippen LogP contribution in [-0.4, -0.2) is 37.3 Å². The van der Waals surface area contributed by atoms with Crippen molar-refractivity contribution in [3.63, 3.8) is 0 Å². The summed E-state index contributed by atoms with van der Waals surface area (Å²) >= 11 is 0. The number of nitro benzene ring substituents is 1. The van der Waals surface area contributed by atoms with Gasteiger partial charge in [0.1, 0.15) is 17.4 Å². The fraction of sp³-hybridized carbons (Fsp3) is 0.158. The van der Waals surface area contributed by atoms with Gasteiger partial charge in [-0.2, -0.15) is 5.26 Å². The fourth-order valence-corrected chi connectivity index (χ4v) is 2.43. The van der Waals surface area contributed by atoms with Crippen molar-refractivity contribution in [1.82, 2.24) is 0 Å². The number of nitro groups is 1. The predicted octanol–water partition coefficient (Wildman–Crippen LogP) is 2.87. The van der Waals surface area contributed by atoms with Crippen LogP contribution in [-0.2, 0) is 4.79 Å². The summed E-state index contributed by atoms with van der Waals surface area (Å²) in [6.45, 7) is 0. The maximum absolute atomic E-state index is 12.4. The van der Waals surface area contributed by atoms with Crippen LogP contribution in [0.2, 0.25) is 0 Å². The molecule has 0 aromatic heterocycles. The molecule has 0 fully saturated rings. The number of rotatable bonds is 7. The lowest BCUT2D eigenvalue weighted by Gasteiger charge is -2.13. The quantitative estimate of drug-likeness (QED) is 0.238. The maximum Gasteiger partial charge on any atom is 0.273 e. The third-order valence-electron chi connectivity index (χ3n) is 3.80. The summed E-state index contributed by atoms with van der Waals surface area (Å²) in [6, 6.07) is 8.05. The van der Waals surface area contributed by atoms with Crippen molar-refractivity contribution in [3.05, 3.63) is 51.6 Å². The normalized spacial score (nSPS) is 10.6. The molecule has 0 spiro atoms. The number of ether oxygens (including phenoxy) is 3. The smallest absolute Gasteiger partial charge is 0.273 e. The lowest BCUT2D eigenvalue weighted by atomic mass is 10.1. The van der Waals surface area contributed by atoms with Gasteiger partial charge in [-0.3, -0.25) is 14.9 Å². The van der Waals surface area contributed by atoms with E-state index in [-0.39, 0.29) is 16.9 Å². The van der Waals surface area contributed by atoms with Crippen LogP contribution >= 0.6 is 0 Å². The minimum Gasteiger partial charge on any atom is -0.506 e. The Hall–Kier alpha value is -4.26. The van der Waals surface area contributed by atoms with Gasteiger partial charge in [-0.15, -0.1) is 0 Å². The van der Waals surface area contributed by atoms with Crippen molar-refractivity contribution in [1.29, 1.82) is 5.26 Å². The van der Waals surface area contributed by atoms with E-state index in [1.165, 1.54) is 33.5 Å². The number of nitrogens with zero attached hydrogens (tertiary/aromatic N) is 2. The standard InChI is InChI=1S/C19H17N3O7/c1-27-16-7-11(8-17(28-2)18(16)29-3)6-12(10-20)19(24)21-14-5-4-13(22(25)26)9-15(14)23/h4-9,23H,1-3H3,(H,21,24)/b12-6-. The van der Waals surface area contributed by atoms with E-state index in [1.54, 1.807) is 18.2 Å². The van der Waals surface area contributed by atoms with Gasteiger partial charge in [0.25, 0.3) is 11.6 Å². The molecule has 0 aliphatic carbocycles. The van der Waals surface area contributed by atoms with Gasteiger partial charge >= 0.3 is 0 Å². The molecular formula is C19H17N3O7. The summed E-state index contributed by atoms with van der Waals surface area (Å²) in [5.41, 5.74) is -0.267. The van der Waals surface area contributed by atoms with E-state index >= 15 is 0 Å². The van der Waals surface area contributed by atoms with Gasteiger partial charge in [0.2, 0.25) is 5.75 Å². The van der Waals surface area contributed by atoms with Gasteiger partial charge in [-0.1, -0.05) is 0 Å². The van der Waals surface area contributed by atoms with Crippen LogP contribution in [0.4, 0.5) is 11.4 Å². The molecule has 0 aliphatic heterocycles. The van der Waals surface area contributed by atoms with Crippen LogP contribution in [0.25, 0.3) is 6.08 Å². The molecule has 150 valence electrons. The fourth-order valence-electron chi connectivity index (χ4n) is 2.43. The zero-order chi connectivity index (χ0) is 21.6. The number of carbonyl (C=O) groups excluding carboxylic acids is 1. The van der Waals surface area contributed by atoms with Crippen molar-refractivity contribution in [2.24, 2.45) is 0 Å². The molecule has 2 aromatic carbocycles. The number of phenols is 1. The van der Waals surface area contributed by atoms with Crippen molar-refractivity contribution >= 4 is 23.4 Å². The monoisotopic (exact) mass is 399 g/mol. The predicted molar refractivity (Wildman–Crippen MR) is 103 cm³/mol. The Morgan fingerprint density at radius 1 is 1.17 bits per heavy atom. The molecule has 0 saturated carbocycles. The van der Waals surface area contributed by atoms with Crippen molar-refractivity contribution < 1.29 is 29.0 Å². The van der Waals surface area contributed by atoms with Gasteiger partial charge in [-0.05, 0) is 29.8 Å². The SMILES string of the molecule is COc1cc(/C=C(/C#N)C(=O)Nc2ccc([N+](=O)[O-])cc2O)cc(OC)c1OC. The summed E-state index contributed by atoms with van der Waals surface area (Å²) < 4.78 is 15.7. The van der Waals surface area contributed by atoms with Crippen LogP contribution in [0.3, 0.4) is 0 Å². The molecule has 2 aromatic rings. The molecule has 2 N–H and O–H groups in total. The highest BCUT2D eigenvalue weighted by atomic mass is 16.6. The zero-order valence-electron chi connectivity index (χ0n) is 15.8. The number of methoxy groups -OCH3 is 3. The Bertz CT molecular complexity index is 1000. The average Bonchev–Trinajstić information content (AvgIpc) is 2.72. The Morgan fingerprint density at radius 3 is 2.24 bits per heavy atom. The van der Waals surface area contributed by atoms with E-state index in [2.05, 4.69) is 5.32 Å². The number of phenolic OH excluding ortho intramolecular Hbond substituents is 1. The van der Waals surface area contributed by atoms with E-state index in [1.807, 2.05) is 0 Å². The molecule has 0 aliphatic rings. The van der Waals surface area contributed by atoms with E-state index in [0.717, 1.165) is 12.1 Å². The Balaban J connectivity index is 2.36. The van der Waals surface area contributed by atoms with Gasteiger partial charge in [-0.25, -0.2) is 0 Å². The molecule has 0 bridgehead atoms. The van der Waals surface area contributed by atoms with Gasteiger partial charge in [0, 0.05) is 6.07 Å². The van der Waals surface area contributed by atoms with Gasteiger partial charge < -0.3 is 24.6 Å². The molecule has 0 unspecified atom stereocenters. The summed E-state index contributed by atoms with van der Waals surface area (Å²) in [5, 5.41) is 32.3. The molecule has 0 saturated heterocycles. The van der Waals surface area contributed by atoms with Crippen LogP contribution in [0.1, 0.15) is 5.56 Å². The first-order valence-electron chi connectivity index (χ1n) is 8.05. The van der Waals surface area contributed by atoms with E-state index in [4.69, 9.17) is 14.2 Å². The number of anilines is 1. The lowest BCUT2D eigenvalue weighted by molar-refractivity contribution is -0.384. The van der Waals surface area contributed by atoms with E-state index in [0.29, 0.717) is 22.8 Å². The highest BCUT2D eigenvalue weighted by Gasteiger charge is 2.17. The van der Waals surface area contributed by atoms with Crippen LogP contribution < -0.4 is 19.5 Å². The Morgan fingerprint density at radius 2 is 1.79 bits per heavy atom. The molecule has 1 amide bonds. The number of non-ortho nitro benzene ring substituents is 1. The zero-order valence-corrected chi connectivity index (χ0v) is 15.8. The summed E-state index contributed by atoms with van der Waals surface area (Å²) in [6.07, 6.45) is 1.29. The lowest BCUT2D eigenvalue weighted by Crippen LogP contribution is -2.13. The summed E-state index contributed by atoms with van der Waals surface area (Å²) in [4.78, 5) is 22.5. The largest absolute Gasteiger partial charge is 0.506 e. The first-order valence-corrected chi connectivity index (χ1v) is 8.05. The summed E-state index contributed by atoms with van der Waals surface area (Å²) in [7, 11) is 4.31. The Labute approximate surface area is 165 Å². The first kappa shape index (κ1) is 21.0. The molecule has 10 heteroatoms. The van der Waals surface area contributed by atoms with Crippen molar-refractivity contribution in [2.45, 2.75) is 0 Å². The van der Waals surface area contributed by atoms with E-state index < -0.39 is 16.6 Å². The molecule has 2 rings (SSSR count). The van der Waals surface area contributed by atoms with Crippen LogP contribution in [0.15, 0.2) is 35.9 Å². The molecule has 29 heavy (non-hydrogen) atoms. The molecular weight excluding hydrogens is 382 g/mol. The molecule has 0 atom stereocenters. The maximum atomic E-state index is 12.4. The number of benzene rings is 2. The minimum atomic E-state index is -0.814. The minimum absolute atomic E-state index is 0.0772. The molecule has 10 nitrogen and oxygen atoms in total. The van der Waals surface area contributed by atoms with Crippen LogP contribution in [0, 0.1) is 21.4 Å². The molecule has 0 heterocycles. The number of aromatic hydroxyl groups is 1. The second kappa shape index (κ2) is 9.09. The first-order chi connectivity index (χ1) is 13.8. The second-order valence-electron chi connectivity index (χ2n) is 5.54. The van der Waals surface area contributed by atoms with Crippen molar-refractivity contribution in [2.75, 3.05) is 26.6 Å². The third kappa shape index (κ3) is 4.72. The number of hydrogen-bond acceptors (Lipinski definition) is 8. The van der Waals surface area contributed by atoms with Crippen LogP contribution in [0.5, 0.6) is 23.0 Å². The number of amides is 1. The number of nitrogens with one attached hydrogen (secondary N) is 1. The highest BCUT2D eigenvalue weighted by Crippen LogP contribution is 2.38. The topological polar surface area (TPSA) is 144 Å². The van der Waals surface area contributed by atoms with Gasteiger partial charge in [0.05, 0.1) is 38.0 Å². The number of carbonyl (C=O) groups is 1. The summed E-state index contributed by atoms with van der Waals surface area (Å²) in [5.74, 6) is -0.290. The van der Waals surface area contributed by atoms with Crippen molar-refractivity contribution in [3.8, 4) is 29.1 Å². The average molecular weight is 399 g/mol. The second-order valence-corrected chi connectivity index (χ2v) is 5.54. The Kier molecular flexibility index (Phi) is 6.60.